The zero-order valence-corrected chi connectivity index (χ0v) is 18.8. The van der Waals surface area contributed by atoms with Crippen molar-refractivity contribution >= 4 is 5.97 Å². The molecule has 1 aliphatic heterocycles. The van der Waals surface area contributed by atoms with Gasteiger partial charge in [-0.05, 0) is 43.9 Å². The Morgan fingerprint density at radius 1 is 0.733 bits per heavy atom. The van der Waals surface area contributed by atoms with Gasteiger partial charge in [0.2, 0.25) is 0 Å². The highest BCUT2D eigenvalue weighted by molar-refractivity contribution is 5.70. The summed E-state index contributed by atoms with van der Waals surface area (Å²) < 4.78 is 10.6. The van der Waals surface area contributed by atoms with E-state index in [1.165, 1.54) is 64.2 Å². The molecule has 162 valence electrons. The summed E-state index contributed by atoms with van der Waals surface area (Å²) in [4.78, 5) is 11.6. The first-order valence-corrected chi connectivity index (χ1v) is 11.5. The molecule has 2 atom stereocenters. The quantitative estimate of drug-likeness (QED) is 0.149. The summed E-state index contributed by atoms with van der Waals surface area (Å²) in [6, 6.07) is 0. The van der Waals surface area contributed by atoms with Crippen molar-refractivity contribution in [2.45, 2.75) is 116 Å². The van der Waals surface area contributed by atoms with E-state index < -0.39 is 0 Å². The van der Waals surface area contributed by atoms with Gasteiger partial charge in [-0.25, -0.2) is 0 Å². The van der Waals surface area contributed by atoms with Crippen LogP contribution in [-0.2, 0) is 14.3 Å². The summed E-state index contributed by atoms with van der Waals surface area (Å²) in [7, 11) is 0. The van der Waals surface area contributed by atoms with Gasteiger partial charge >= 0.3 is 5.97 Å². The molecule has 1 heterocycles. The molecular weight excluding hydrogens is 372 g/mol. The predicted molar refractivity (Wildman–Crippen MR) is 122 cm³/mol. The van der Waals surface area contributed by atoms with Gasteiger partial charge in [-0.2, -0.15) is 0 Å². The van der Waals surface area contributed by atoms with Gasteiger partial charge in [0, 0.05) is 24.2 Å². The Labute approximate surface area is 184 Å². The Morgan fingerprint density at radius 3 is 1.90 bits per heavy atom. The van der Waals surface area contributed by atoms with Crippen LogP contribution in [0.15, 0.2) is 0 Å². The lowest BCUT2D eigenvalue weighted by Crippen LogP contribution is -1.99. The molecule has 3 heteroatoms. The van der Waals surface area contributed by atoms with E-state index in [0.29, 0.717) is 18.6 Å². The largest absolute Gasteiger partial charge is 0.371 e. The number of carbonyl (C=O) groups excluding carboxylic acids is 1. The normalized spacial score (nSPS) is 15.8. The lowest BCUT2D eigenvalue weighted by atomic mass is 10.0. The van der Waals surface area contributed by atoms with Crippen molar-refractivity contribution < 1.29 is 14.3 Å². The van der Waals surface area contributed by atoms with Gasteiger partial charge in [-0.15, -0.1) is 0 Å². The minimum absolute atomic E-state index is 0.295. The summed E-state index contributed by atoms with van der Waals surface area (Å²) in [5, 5.41) is 0. The molecule has 0 radical (unpaired) electrons. The van der Waals surface area contributed by atoms with Crippen molar-refractivity contribution in [1.29, 1.82) is 0 Å². The van der Waals surface area contributed by atoms with E-state index in [2.05, 4.69) is 54.5 Å². The number of esters is 1. The summed E-state index contributed by atoms with van der Waals surface area (Å²) in [5.41, 5.74) is 0. The molecule has 0 amide bonds. The third-order valence-corrected chi connectivity index (χ3v) is 5.05. The van der Waals surface area contributed by atoms with E-state index in [-0.39, 0.29) is 5.97 Å². The third kappa shape index (κ3) is 15.6. The Morgan fingerprint density at radius 2 is 1.27 bits per heavy atom. The number of ether oxygens (including phenoxy) is 2. The molecule has 0 N–H and O–H groups in total. The molecule has 0 aromatic carbocycles. The van der Waals surface area contributed by atoms with Crippen LogP contribution in [0.25, 0.3) is 0 Å². The molecule has 3 nitrogen and oxygen atoms in total. The number of carbonyl (C=O) groups is 1. The first-order chi connectivity index (χ1) is 14.8. The number of epoxide rings is 1. The Kier molecular flexibility index (Phi) is 16.0. The molecule has 0 saturated carbocycles. The molecular formula is C27H36O3. The van der Waals surface area contributed by atoms with Crippen LogP contribution in [-0.4, -0.2) is 18.2 Å². The van der Waals surface area contributed by atoms with Crippen LogP contribution < -0.4 is 0 Å². The van der Waals surface area contributed by atoms with Crippen LogP contribution in [0, 0.1) is 47.5 Å². The summed E-state index contributed by atoms with van der Waals surface area (Å²) in [5.74, 6) is 17.4. The standard InChI is InChI=1S/C27H36O3/c1-3-5-7-9-11-16-20-24-29-27(28)23-19-15-12-14-18-22-26-25(30-26)21-17-13-10-8-6-4-2/h25-26H,4,6,8,10,12-15,17-19,21-23H2,1-2H3. The van der Waals surface area contributed by atoms with Crippen molar-refractivity contribution in [3.05, 3.63) is 0 Å². The highest BCUT2D eigenvalue weighted by Crippen LogP contribution is 2.31. The molecule has 1 rings (SSSR count). The smallest absolute Gasteiger partial charge is 0.319 e. The fourth-order valence-electron chi connectivity index (χ4n) is 3.30. The molecule has 2 unspecified atom stereocenters. The predicted octanol–water partition coefficient (Wildman–Crippen LogP) is 5.77. The Balaban J connectivity index is 1.88. The summed E-state index contributed by atoms with van der Waals surface area (Å²) >= 11 is 0. The summed E-state index contributed by atoms with van der Waals surface area (Å²) in [6.07, 6.45) is 19.8. The van der Waals surface area contributed by atoms with Gasteiger partial charge in [-0.1, -0.05) is 77.1 Å². The third-order valence-electron chi connectivity index (χ3n) is 5.05. The number of hydrogen-bond acceptors (Lipinski definition) is 3. The number of rotatable bonds is 15. The van der Waals surface area contributed by atoms with Crippen LogP contribution in [0.4, 0.5) is 0 Å². The second-order valence-electron chi connectivity index (χ2n) is 7.65. The topological polar surface area (TPSA) is 38.8 Å². The fraction of sp³-hybridized carbons (Fsp3) is 0.667. The Bertz CT molecular complexity index is 721. The van der Waals surface area contributed by atoms with E-state index in [1.54, 1.807) is 6.92 Å². The lowest BCUT2D eigenvalue weighted by Gasteiger charge is -2.00. The summed E-state index contributed by atoms with van der Waals surface area (Å²) in [6.45, 7) is 3.96. The van der Waals surface area contributed by atoms with Crippen LogP contribution in [0.3, 0.4) is 0 Å². The van der Waals surface area contributed by atoms with Gasteiger partial charge in [0.15, 0.2) is 0 Å². The monoisotopic (exact) mass is 408 g/mol. The SMILES string of the molecule is CC#CC#CC#CC#COC(=O)CCCCCCCC1OC1CCCCCCCC. The van der Waals surface area contributed by atoms with Crippen molar-refractivity contribution in [1.82, 2.24) is 0 Å². The van der Waals surface area contributed by atoms with Crippen LogP contribution in [0.2, 0.25) is 0 Å². The van der Waals surface area contributed by atoms with Gasteiger partial charge in [0.1, 0.15) is 6.11 Å². The molecule has 0 spiro atoms. The second-order valence-corrected chi connectivity index (χ2v) is 7.65. The van der Waals surface area contributed by atoms with Gasteiger partial charge in [-0.3, -0.25) is 4.79 Å². The second kappa shape index (κ2) is 18.7. The lowest BCUT2D eigenvalue weighted by molar-refractivity contribution is -0.136. The maximum Gasteiger partial charge on any atom is 0.319 e. The van der Waals surface area contributed by atoms with E-state index in [9.17, 15) is 4.79 Å². The van der Waals surface area contributed by atoms with Gasteiger partial charge in [0.05, 0.1) is 12.2 Å². The first-order valence-electron chi connectivity index (χ1n) is 11.5. The van der Waals surface area contributed by atoms with Crippen LogP contribution in [0.1, 0.15) is 104 Å². The number of hydrogen-bond donors (Lipinski definition) is 0. The van der Waals surface area contributed by atoms with Crippen molar-refractivity contribution in [2.24, 2.45) is 0 Å². The van der Waals surface area contributed by atoms with Crippen LogP contribution >= 0.6 is 0 Å². The molecule has 0 bridgehead atoms. The highest BCUT2D eigenvalue weighted by Gasteiger charge is 2.36. The van der Waals surface area contributed by atoms with Crippen molar-refractivity contribution in [3.63, 3.8) is 0 Å². The van der Waals surface area contributed by atoms with E-state index >= 15 is 0 Å². The van der Waals surface area contributed by atoms with Crippen molar-refractivity contribution in [3.8, 4) is 47.5 Å². The molecule has 0 aliphatic carbocycles. The van der Waals surface area contributed by atoms with E-state index in [4.69, 9.17) is 9.47 Å². The minimum atomic E-state index is -0.295. The zero-order valence-electron chi connectivity index (χ0n) is 18.8. The molecule has 0 aromatic heterocycles. The van der Waals surface area contributed by atoms with E-state index in [1.807, 2.05) is 0 Å². The van der Waals surface area contributed by atoms with Gasteiger partial charge < -0.3 is 9.47 Å². The first kappa shape index (κ1) is 25.7. The fourth-order valence-corrected chi connectivity index (χ4v) is 3.30. The average molecular weight is 409 g/mol. The van der Waals surface area contributed by atoms with Gasteiger partial charge in [0.25, 0.3) is 0 Å². The molecule has 30 heavy (non-hydrogen) atoms. The molecule has 0 aromatic rings. The maximum absolute atomic E-state index is 11.6. The highest BCUT2D eigenvalue weighted by atomic mass is 16.6. The maximum atomic E-state index is 11.6. The molecule has 1 fully saturated rings. The van der Waals surface area contributed by atoms with Crippen molar-refractivity contribution in [2.75, 3.05) is 0 Å². The molecule has 1 saturated heterocycles. The van der Waals surface area contributed by atoms with E-state index in [0.717, 1.165) is 19.3 Å². The average Bonchev–Trinajstić information content (AvgIpc) is 3.50. The number of unbranched alkanes of at least 4 members (excludes halogenated alkanes) is 9. The Hall–Kier alpha value is -2.33. The van der Waals surface area contributed by atoms with Crippen LogP contribution in [0.5, 0.6) is 0 Å². The zero-order chi connectivity index (χ0) is 21.7. The minimum Gasteiger partial charge on any atom is -0.371 e. The molecule has 1 aliphatic rings.